The molecule has 0 radical (unpaired) electrons. The molecule has 1 aromatic carbocycles. The zero-order chi connectivity index (χ0) is 13.4. The third-order valence-electron chi connectivity index (χ3n) is 3.53. The van der Waals surface area contributed by atoms with Crippen molar-refractivity contribution in [2.24, 2.45) is 0 Å². The Morgan fingerprint density at radius 2 is 2.37 bits per heavy atom. The first-order valence-electron chi connectivity index (χ1n) is 6.18. The minimum Gasteiger partial charge on any atom is -0.465 e. The van der Waals surface area contributed by atoms with Crippen LogP contribution in [0.4, 0.5) is 4.79 Å². The number of thiazole rings is 1. The van der Waals surface area contributed by atoms with Crippen LogP contribution in [0.3, 0.4) is 0 Å². The molecule has 19 heavy (non-hydrogen) atoms. The van der Waals surface area contributed by atoms with Gasteiger partial charge in [0, 0.05) is 0 Å². The maximum atomic E-state index is 10.7. The molecule has 4 nitrogen and oxygen atoms in total. The van der Waals surface area contributed by atoms with Gasteiger partial charge < -0.3 is 10.4 Å². The molecule has 5 heteroatoms. The van der Waals surface area contributed by atoms with Crippen LogP contribution in [0.25, 0.3) is 10.4 Å². The Bertz CT molecular complexity index is 636. The number of fused-ring (bicyclic) bond motifs is 1. The lowest BCUT2D eigenvalue weighted by atomic mass is 10.0. The van der Waals surface area contributed by atoms with Gasteiger partial charge in [0.2, 0.25) is 0 Å². The maximum Gasteiger partial charge on any atom is 0.405 e. The second-order valence-corrected chi connectivity index (χ2v) is 5.58. The zero-order valence-corrected chi connectivity index (χ0v) is 11.3. The zero-order valence-electron chi connectivity index (χ0n) is 10.5. The van der Waals surface area contributed by atoms with Crippen molar-refractivity contribution >= 4 is 17.4 Å². The highest BCUT2D eigenvalue weighted by molar-refractivity contribution is 7.13. The molecule has 0 spiro atoms. The summed E-state index contributed by atoms with van der Waals surface area (Å²) in [5, 5.41) is 11.4. The van der Waals surface area contributed by atoms with Crippen LogP contribution in [0, 0.1) is 6.92 Å². The van der Waals surface area contributed by atoms with E-state index in [9.17, 15) is 4.79 Å². The number of hydrogen-bond acceptors (Lipinski definition) is 3. The summed E-state index contributed by atoms with van der Waals surface area (Å²) in [5.41, 5.74) is 6.42. The summed E-state index contributed by atoms with van der Waals surface area (Å²) >= 11 is 1.64. The molecular formula is C14H14N2O2S. The van der Waals surface area contributed by atoms with E-state index in [1.165, 1.54) is 16.0 Å². The molecule has 2 aromatic rings. The molecule has 1 heterocycles. The Morgan fingerprint density at radius 3 is 3.05 bits per heavy atom. The summed E-state index contributed by atoms with van der Waals surface area (Å²) in [5.74, 6) is 0. The van der Waals surface area contributed by atoms with E-state index in [4.69, 9.17) is 5.11 Å². The quantitative estimate of drug-likeness (QED) is 0.882. The summed E-state index contributed by atoms with van der Waals surface area (Å²) in [6, 6.07) is 6.20. The Labute approximate surface area is 115 Å². The Morgan fingerprint density at radius 1 is 1.53 bits per heavy atom. The van der Waals surface area contributed by atoms with Gasteiger partial charge in [0.15, 0.2) is 0 Å². The van der Waals surface area contributed by atoms with Gasteiger partial charge in [-0.3, -0.25) is 0 Å². The highest BCUT2D eigenvalue weighted by Gasteiger charge is 2.24. The predicted molar refractivity (Wildman–Crippen MR) is 74.5 cm³/mol. The van der Waals surface area contributed by atoms with Gasteiger partial charge in [-0.05, 0) is 42.5 Å². The van der Waals surface area contributed by atoms with E-state index in [1.807, 2.05) is 18.5 Å². The monoisotopic (exact) mass is 274 g/mol. The van der Waals surface area contributed by atoms with Crippen LogP contribution >= 0.6 is 11.3 Å². The van der Waals surface area contributed by atoms with Crippen LogP contribution < -0.4 is 5.32 Å². The van der Waals surface area contributed by atoms with Gasteiger partial charge in [-0.15, -0.1) is 11.3 Å². The molecule has 2 N–H and O–H groups in total. The lowest BCUT2D eigenvalue weighted by Crippen LogP contribution is -2.24. The number of nitrogens with zero attached hydrogens (tertiary/aromatic N) is 1. The van der Waals surface area contributed by atoms with E-state index in [2.05, 4.69) is 22.4 Å². The summed E-state index contributed by atoms with van der Waals surface area (Å²) in [4.78, 5) is 16.2. The first-order valence-corrected chi connectivity index (χ1v) is 7.06. The smallest absolute Gasteiger partial charge is 0.405 e. The predicted octanol–water partition coefficient (Wildman–Crippen LogP) is 3.37. The Balaban J connectivity index is 1.94. The van der Waals surface area contributed by atoms with Crippen molar-refractivity contribution in [2.75, 3.05) is 0 Å². The second-order valence-electron chi connectivity index (χ2n) is 4.72. The number of carbonyl (C=O) groups is 1. The van der Waals surface area contributed by atoms with Crippen LogP contribution in [0.2, 0.25) is 0 Å². The molecule has 1 aliphatic rings. The molecule has 3 rings (SSSR count). The molecule has 1 unspecified atom stereocenters. The van der Waals surface area contributed by atoms with E-state index in [-0.39, 0.29) is 6.04 Å². The second kappa shape index (κ2) is 4.66. The third kappa shape index (κ3) is 2.21. The normalized spacial score (nSPS) is 17.2. The third-order valence-corrected chi connectivity index (χ3v) is 4.50. The van der Waals surface area contributed by atoms with E-state index >= 15 is 0 Å². The molecule has 0 fully saturated rings. The standard InChI is InChI=1S/C14H14N2O2S/c1-8-13(19-7-15-8)10-2-4-11-9(6-10)3-5-12(11)16-14(17)18/h2,4,6-7,12,16H,3,5H2,1H3,(H,17,18). The number of aryl methyl sites for hydroxylation is 2. The minimum atomic E-state index is -0.958. The molecule has 0 bridgehead atoms. The number of rotatable bonds is 2. The van der Waals surface area contributed by atoms with Crippen LogP contribution in [0.15, 0.2) is 23.7 Å². The van der Waals surface area contributed by atoms with Gasteiger partial charge in [0.05, 0.1) is 22.1 Å². The molecule has 1 atom stereocenters. The Kier molecular flexibility index (Phi) is 2.98. The number of nitrogens with one attached hydrogen (secondary N) is 1. The summed E-state index contributed by atoms with van der Waals surface area (Å²) in [6.45, 7) is 2.01. The average Bonchev–Trinajstić information content (AvgIpc) is 2.95. The maximum absolute atomic E-state index is 10.7. The SMILES string of the molecule is Cc1ncsc1-c1ccc2c(c1)CCC2NC(=O)O. The summed E-state index contributed by atoms with van der Waals surface area (Å²) in [6.07, 6.45) is 0.805. The molecular weight excluding hydrogens is 260 g/mol. The molecule has 98 valence electrons. The first kappa shape index (κ1) is 12.2. The molecule has 0 saturated heterocycles. The van der Waals surface area contributed by atoms with E-state index in [1.54, 1.807) is 11.3 Å². The number of benzene rings is 1. The number of carboxylic acid groups (broad SMARTS) is 1. The van der Waals surface area contributed by atoms with Crippen molar-refractivity contribution < 1.29 is 9.90 Å². The van der Waals surface area contributed by atoms with Gasteiger partial charge in [-0.1, -0.05) is 12.1 Å². The van der Waals surface area contributed by atoms with E-state index in [0.717, 1.165) is 24.1 Å². The Hall–Kier alpha value is -1.88. The van der Waals surface area contributed by atoms with Gasteiger partial charge in [0.1, 0.15) is 0 Å². The topological polar surface area (TPSA) is 62.2 Å². The molecule has 0 saturated carbocycles. The van der Waals surface area contributed by atoms with Crippen molar-refractivity contribution in [3.05, 3.63) is 40.5 Å². The van der Waals surface area contributed by atoms with Crippen molar-refractivity contribution in [1.29, 1.82) is 0 Å². The van der Waals surface area contributed by atoms with Crippen molar-refractivity contribution in [1.82, 2.24) is 10.3 Å². The van der Waals surface area contributed by atoms with Crippen molar-refractivity contribution in [2.45, 2.75) is 25.8 Å². The molecule has 1 amide bonds. The minimum absolute atomic E-state index is 0.0656. The summed E-state index contributed by atoms with van der Waals surface area (Å²) < 4.78 is 0. The fourth-order valence-electron chi connectivity index (χ4n) is 2.64. The lowest BCUT2D eigenvalue weighted by Gasteiger charge is -2.11. The number of hydrogen-bond donors (Lipinski definition) is 2. The van der Waals surface area contributed by atoms with Gasteiger partial charge in [-0.25, -0.2) is 9.78 Å². The van der Waals surface area contributed by atoms with E-state index < -0.39 is 6.09 Å². The van der Waals surface area contributed by atoms with Crippen molar-refractivity contribution in [3.63, 3.8) is 0 Å². The fraction of sp³-hybridized carbons (Fsp3) is 0.286. The highest BCUT2D eigenvalue weighted by atomic mass is 32.1. The van der Waals surface area contributed by atoms with Crippen LogP contribution in [0.1, 0.15) is 29.3 Å². The lowest BCUT2D eigenvalue weighted by molar-refractivity contribution is 0.190. The molecule has 1 aliphatic carbocycles. The van der Waals surface area contributed by atoms with Crippen LogP contribution in [0.5, 0.6) is 0 Å². The number of amides is 1. The molecule has 1 aromatic heterocycles. The summed E-state index contributed by atoms with van der Waals surface area (Å²) in [7, 11) is 0. The van der Waals surface area contributed by atoms with Gasteiger partial charge in [-0.2, -0.15) is 0 Å². The highest BCUT2D eigenvalue weighted by Crippen LogP contribution is 2.35. The molecule has 0 aliphatic heterocycles. The first-order chi connectivity index (χ1) is 9.15. The van der Waals surface area contributed by atoms with Crippen molar-refractivity contribution in [3.8, 4) is 10.4 Å². The average molecular weight is 274 g/mol. The number of aromatic nitrogens is 1. The largest absolute Gasteiger partial charge is 0.465 e. The van der Waals surface area contributed by atoms with Crippen LogP contribution in [-0.4, -0.2) is 16.2 Å². The van der Waals surface area contributed by atoms with E-state index in [0.29, 0.717) is 0 Å². The van der Waals surface area contributed by atoms with Crippen LogP contribution in [-0.2, 0) is 6.42 Å². The van der Waals surface area contributed by atoms with Gasteiger partial charge in [0.25, 0.3) is 0 Å². The van der Waals surface area contributed by atoms with Gasteiger partial charge >= 0.3 is 6.09 Å². The fourth-order valence-corrected chi connectivity index (χ4v) is 3.44.